The van der Waals surface area contributed by atoms with Gasteiger partial charge in [0.25, 0.3) is 0 Å². The van der Waals surface area contributed by atoms with Gasteiger partial charge in [-0.25, -0.2) is 0 Å². The van der Waals surface area contributed by atoms with Gasteiger partial charge in [-0.1, -0.05) is 11.6 Å². The molecule has 0 spiro atoms. The third-order valence-electron chi connectivity index (χ3n) is 2.99. The number of nitrogens with one attached hydrogen (secondary N) is 1. The summed E-state index contributed by atoms with van der Waals surface area (Å²) in [7, 11) is 3.76. The summed E-state index contributed by atoms with van der Waals surface area (Å²) in [5.41, 5.74) is 1.97. The van der Waals surface area contributed by atoms with Crippen molar-refractivity contribution in [1.82, 2.24) is 29.9 Å². The lowest BCUT2D eigenvalue weighted by molar-refractivity contribution is 0.527. The molecule has 2 aromatic heterocycles. The van der Waals surface area contributed by atoms with Crippen molar-refractivity contribution >= 4 is 11.6 Å². The molecule has 0 aliphatic carbocycles. The van der Waals surface area contributed by atoms with Crippen molar-refractivity contribution in [1.29, 1.82) is 0 Å². The molecular weight excluding hydrogens is 252 g/mol. The van der Waals surface area contributed by atoms with E-state index in [0.29, 0.717) is 11.7 Å². The van der Waals surface area contributed by atoms with E-state index in [9.17, 15) is 0 Å². The van der Waals surface area contributed by atoms with Gasteiger partial charge in [0, 0.05) is 26.2 Å². The highest BCUT2D eigenvalue weighted by Gasteiger charge is 2.15. The van der Waals surface area contributed by atoms with Crippen LogP contribution in [-0.4, -0.2) is 24.5 Å². The first-order valence-electron chi connectivity index (χ1n) is 5.76. The van der Waals surface area contributed by atoms with Gasteiger partial charge in [-0.05, 0) is 13.8 Å². The number of hydrogen-bond donors (Lipinski definition) is 1. The Hall–Kier alpha value is -1.40. The second-order valence-electron chi connectivity index (χ2n) is 4.38. The van der Waals surface area contributed by atoms with Crippen LogP contribution in [0.25, 0.3) is 0 Å². The van der Waals surface area contributed by atoms with Crippen LogP contribution >= 0.6 is 11.6 Å². The van der Waals surface area contributed by atoms with E-state index in [4.69, 9.17) is 11.6 Å². The first-order valence-corrected chi connectivity index (χ1v) is 6.13. The summed E-state index contributed by atoms with van der Waals surface area (Å²) in [5, 5.41) is 16.3. The Balaban J connectivity index is 2.06. The summed E-state index contributed by atoms with van der Waals surface area (Å²) < 4.78 is 3.58. The van der Waals surface area contributed by atoms with Crippen molar-refractivity contribution in [3.05, 3.63) is 28.6 Å². The van der Waals surface area contributed by atoms with E-state index in [1.54, 1.807) is 11.0 Å². The van der Waals surface area contributed by atoms with E-state index in [2.05, 4.69) is 20.6 Å². The molecule has 2 aromatic rings. The number of aromatic nitrogens is 5. The van der Waals surface area contributed by atoms with Crippen LogP contribution in [0.15, 0.2) is 6.33 Å². The summed E-state index contributed by atoms with van der Waals surface area (Å²) in [6, 6.07) is 0.105. The van der Waals surface area contributed by atoms with E-state index in [-0.39, 0.29) is 6.04 Å². The van der Waals surface area contributed by atoms with Crippen LogP contribution < -0.4 is 5.32 Å². The molecule has 1 N–H and O–H groups in total. The molecule has 0 aliphatic heterocycles. The van der Waals surface area contributed by atoms with Gasteiger partial charge in [0.15, 0.2) is 0 Å². The van der Waals surface area contributed by atoms with E-state index < -0.39 is 0 Å². The number of aryl methyl sites for hydroxylation is 3. The molecule has 0 bridgehead atoms. The lowest BCUT2D eigenvalue weighted by atomic mass is 10.2. The van der Waals surface area contributed by atoms with Crippen LogP contribution in [0, 0.1) is 6.92 Å². The Morgan fingerprint density at radius 3 is 2.67 bits per heavy atom. The standard InChI is InChI=1S/C11H17ClN6/c1-7-9(10(12)18(4)16-7)5-13-8(2)11-15-14-6-17(11)3/h6,8,13H,5H2,1-4H3. The summed E-state index contributed by atoms with van der Waals surface area (Å²) in [5.74, 6) is 0.896. The van der Waals surface area contributed by atoms with Gasteiger partial charge < -0.3 is 9.88 Å². The molecule has 0 amide bonds. The van der Waals surface area contributed by atoms with Crippen LogP contribution in [0.5, 0.6) is 0 Å². The maximum atomic E-state index is 6.18. The normalized spacial score (nSPS) is 12.9. The second-order valence-corrected chi connectivity index (χ2v) is 4.74. The molecular formula is C11H17ClN6. The molecule has 7 heteroatoms. The third kappa shape index (κ3) is 2.39. The first-order chi connectivity index (χ1) is 8.50. The third-order valence-corrected chi connectivity index (χ3v) is 3.46. The molecule has 2 heterocycles. The zero-order valence-corrected chi connectivity index (χ0v) is 11.7. The molecule has 0 saturated carbocycles. The molecule has 2 rings (SSSR count). The van der Waals surface area contributed by atoms with Crippen molar-refractivity contribution in [2.45, 2.75) is 26.4 Å². The fraction of sp³-hybridized carbons (Fsp3) is 0.545. The first kappa shape index (κ1) is 13.0. The Morgan fingerprint density at radius 2 is 2.17 bits per heavy atom. The molecule has 0 fully saturated rings. The number of nitrogens with zero attached hydrogens (tertiary/aromatic N) is 5. The zero-order chi connectivity index (χ0) is 13.3. The molecule has 98 valence electrons. The van der Waals surface area contributed by atoms with Crippen LogP contribution in [0.3, 0.4) is 0 Å². The average Bonchev–Trinajstić information content (AvgIpc) is 2.83. The smallest absolute Gasteiger partial charge is 0.149 e. The van der Waals surface area contributed by atoms with E-state index >= 15 is 0 Å². The molecule has 1 atom stereocenters. The highest BCUT2D eigenvalue weighted by molar-refractivity contribution is 6.30. The molecule has 0 aliphatic rings. The predicted octanol–water partition coefficient (Wildman–Crippen LogP) is 1.36. The van der Waals surface area contributed by atoms with E-state index in [0.717, 1.165) is 17.1 Å². The molecule has 6 nitrogen and oxygen atoms in total. The maximum Gasteiger partial charge on any atom is 0.149 e. The highest BCUT2D eigenvalue weighted by atomic mass is 35.5. The monoisotopic (exact) mass is 268 g/mol. The van der Waals surface area contributed by atoms with Gasteiger partial charge in [0.2, 0.25) is 0 Å². The maximum absolute atomic E-state index is 6.18. The minimum Gasteiger partial charge on any atom is -0.319 e. The van der Waals surface area contributed by atoms with Crippen molar-refractivity contribution < 1.29 is 0 Å². The summed E-state index contributed by atoms with van der Waals surface area (Å²) in [4.78, 5) is 0. The minimum absolute atomic E-state index is 0.105. The second kappa shape index (κ2) is 5.07. The van der Waals surface area contributed by atoms with Crippen molar-refractivity contribution in [2.75, 3.05) is 0 Å². The largest absolute Gasteiger partial charge is 0.319 e. The van der Waals surface area contributed by atoms with Crippen LogP contribution in [0.1, 0.15) is 30.0 Å². The Kier molecular flexibility index (Phi) is 3.68. The van der Waals surface area contributed by atoms with Gasteiger partial charge >= 0.3 is 0 Å². The fourth-order valence-electron chi connectivity index (χ4n) is 1.91. The van der Waals surface area contributed by atoms with Gasteiger partial charge in [0.05, 0.1) is 11.7 Å². The lowest BCUT2D eigenvalue weighted by Crippen LogP contribution is -2.21. The fourth-order valence-corrected chi connectivity index (χ4v) is 2.15. The Bertz CT molecular complexity index is 544. The molecule has 0 radical (unpaired) electrons. The number of hydrogen-bond acceptors (Lipinski definition) is 4. The average molecular weight is 269 g/mol. The predicted molar refractivity (Wildman–Crippen MR) is 69.2 cm³/mol. The summed E-state index contributed by atoms with van der Waals surface area (Å²) in [6.45, 7) is 4.66. The number of halogens is 1. The molecule has 18 heavy (non-hydrogen) atoms. The molecule has 0 saturated heterocycles. The topological polar surface area (TPSA) is 60.6 Å². The summed E-state index contributed by atoms with van der Waals surface area (Å²) in [6.07, 6.45) is 1.69. The van der Waals surface area contributed by atoms with Crippen molar-refractivity contribution in [3.8, 4) is 0 Å². The van der Waals surface area contributed by atoms with E-state index in [1.807, 2.05) is 32.5 Å². The quantitative estimate of drug-likeness (QED) is 0.910. The SMILES string of the molecule is Cc1nn(C)c(Cl)c1CNC(C)c1nncn1C. The molecule has 0 aromatic carbocycles. The Labute approximate surface area is 111 Å². The van der Waals surface area contributed by atoms with Crippen LogP contribution in [0.2, 0.25) is 5.15 Å². The van der Waals surface area contributed by atoms with Crippen LogP contribution in [-0.2, 0) is 20.6 Å². The minimum atomic E-state index is 0.105. The van der Waals surface area contributed by atoms with E-state index in [1.165, 1.54) is 0 Å². The van der Waals surface area contributed by atoms with Gasteiger partial charge in [0.1, 0.15) is 17.3 Å². The van der Waals surface area contributed by atoms with Gasteiger partial charge in [-0.2, -0.15) is 5.10 Å². The van der Waals surface area contributed by atoms with Crippen molar-refractivity contribution in [3.63, 3.8) is 0 Å². The highest BCUT2D eigenvalue weighted by Crippen LogP contribution is 2.19. The summed E-state index contributed by atoms with van der Waals surface area (Å²) >= 11 is 6.18. The van der Waals surface area contributed by atoms with Gasteiger partial charge in [-0.3, -0.25) is 4.68 Å². The lowest BCUT2D eigenvalue weighted by Gasteiger charge is -2.12. The van der Waals surface area contributed by atoms with Crippen molar-refractivity contribution in [2.24, 2.45) is 14.1 Å². The zero-order valence-electron chi connectivity index (χ0n) is 11.0. The Morgan fingerprint density at radius 1 is 1.44 bits per heavy atom. The molecule has 1 unspecified atom stereocenters. The van der Waals surface area contributed by atoms with Crippen LogP contribution in [0.4, 0.5) is 0 Å². The van der Waals surface area contributed by atoms with Gasteiger partial charge in [-0.15, -0.1) is 10.2 Å². The number of rotatable bonds is 4.